The van der Waals surface area contributed by atoms with Gasteiger partial charge in [0.05, 0.1) is 5.69 Å². The second kappa shape index (κ2) is 5.39. The van der Waals surface area contributed by atoms with Crippen LogP contribution < -0.4 is 4.90 Å². The van der Waals surface area contributed by atoms with Crippen molar-refractivity contribution in [1.29, 1.82) is 0 Å². The molecule has 106 valence electrons. The Bertz CT molecular complexity index is 538. The molecule has 0 saturated heterocycles. The van der Waals surface area contributed by atoms with E-state index in [1.807, 2.05) is 29.2 Å². The van der Waals surface area contributed by atoms with Gasteiger partial charge in [-0.15, -0.1) is 0 Å². The number of rotatable bonds is 1. The molecule has 0 aromatic heterocycles. The van der Waals surface area contributed by atoms with Crippen LogP contribution in [0.4, 0.5) is 5.69 Å². The van der Waals surface area contributed by atoms with E-state index in [2.05, 4.69) is 6.92 Å². The van der Waals surface area contributed by atoms with Crippen LogP contribution in [0.25, 0.3) is 0 Å². The van der Waals surface area contributed by atoms with Crippen molar-refractivity contribution in [3.8, 4) is 0 Å². The zero-order valence-electron chi connectivity index (χ0n) is 12.0. The fourth-order valence-corrected chi connectivity index (χ4v) is 3.54. The number of Topliss-reactive ketones (excluding diaryl/α,β-unsaturated/α-hetero) is 1. The molecule has 1 saturated carbocycles. The summed E-state index contributed by atoms with van der Waals surface area (Å²) < 4.78 is 0. The predicted octanol–water partition coefficient (Wildman–Crippen LogP) is 3.43. The van der Waals surface area contributed by atoms with Gasteiger partial charge in [-0.25, -0.2) is 0 Å². The number of hydrogen-bond acceptors (Lipinski definition) is 2. The van der Waals surface area contributed by atoms with Crippen LogP contribution >= 0.6 is 0 Å². The van der Waals surface area contributed by atoms with Gasteiger partial charge in [0.15, 0.2) is 5.78 Å². The van der Waals surface area contributed by atoms with Crippen LogP contribution in [0, 0.1) is 11.8 Å². The van der Waals surface area contributed by atoms with Crippen LogP contribution in [0.3, 0.4) is 0 Å². The highest BCUT2D eigenvalue weighted by atomic mass is 16.2. The van der Waals surface area contributed by atoms with Crippen molar-refractivity contribution in [2.45, 2.75) is 39.0 Å². The van der Waals surface area contributed by atoms with Gasteiger partial charge in [0.1, 0.15) is 0 Å². The van der Waals surface area contributed by atoms with Gasteiger partial charge in [-0.3, -0.25) is 9.59 Å². The van der Waals surface area contributed by atoms with Crippen molar-refractivity contribution >= 4 is 17.4 Å². The minimum Gasteiger partial charge on any atom is -0.311 e. The number of carbonyl (C=O) groups is 2. The zero-order chi connectivity index (χ0) is 14.1. The van der Waals surface area contributed by atoms with E-state index in [1.165, 1.54) is 0 Å². The molecule has 1 fully saturated rings. The summed E-state index contributed by atoms with van der Waals surface area (Å²) in [7, 11) is 0. The lowest BCUT2D eigenvalue weighted by molar-refractivity contribution is -0.123. The summed E-state index contributed by atoms with van der Waals surface area (Å²) in [6, 6.07) is 7.55. The highest BCUT2D eigenvalue weighted by molar-refractivity contribution is 6.07. The van der Waals surface area contributed by atoms with Crippen molar-refractivity contribution in [2.24, 2.45) is 11.8 Å². The molecule has 1 heterocycles. The first-order valence-electron chi connectivity index (χ1n) is 7.62. The fraction of sp³-hybridized carbons (Fsp3) is 0.529. The Balaban J connectivity index is 1.95. The van der Waals surface area contributed by atoms with Crippen molar-refractivity contribution in [3.63, 3.8) is 0 Å². The van der Waals surface area contributed by atoms with Crippen LogP contribution in [0.1, 0.15) is 49.4 Å². The summed E-state index contributed by atoms with van der Waals surface area (Å²) in [5, 5.41) is 0. The summed E-state index contributed by atoms with van der Waals surface area (Å²) in [6.07, 6.45) is 4.59. The number of para-hydroxylation sites is 1. The average Bonchev–Trinajstić information content (AvgIpc) is 2.81. The number of benzene rings is 1. The molecule has 0 bridgehead atoms. The smallest absolute Gasteiger partial charge is 0.230 e. The summed E-state index contributed by atoms with van der Waals surface area (Å²) in [5.74, 6) is 0.984. The molecule has 20 heavy (non-hydrogen) atoms. The van der Waals surface area contributed by atoms with Gasteiger partial charge in [-0.05, 0) is 37.3 Å². The molecule has 3 nitrogen and oxygen atoms in total. The summed E-state index contributed by atoms with van der Waals surface area (Å²) in [6.45, 7) is 2.84. The first-order valence-corrected chi connectivity index (χ1v) is 7.62. The number of hydrogen-bond donors (Lipinski definition) is 0. The molecule has 2 aliphatic rings. The van der Waals surface area contributed by atoms with E-state index < -0.39 is 0 Å². The lowest BCUT2D eigenvalue weighted by Gasteiger charge is -2.27. The molecule has 3 rings (SSSR count). The normalized spacial score (nSPS) is 26.2. The SMILES string of the molecule is CC1CCCC1C(=O)N1CCCC(=O)c2ccccc21. The second-order valence-corrected chi connectivity index (χ2v) is 6.05. The molecular weight excluding hydrogens is 250 g/mol. The number of anilines is 1. The van der Waals surface area contributed by atoms with E-state index in [0.717, 1.165) is 31.4 Å². The van der Waals surface area contributed by atoms with Crippen molar-refractivity contribution in [2.75, 3.05) is 11.4 Å². The molecule has 1 aromatic rings. The summed E-state index contributed by atoms with van der Waals surface area (Å²) >= 11 is 0. The van der Waals surface area contributed by atoms with Gasteiger partial charge in [0.2, 0.25) is 5.91 Å². The van der Waals surface area contributed by atoms with Crippen molar-refractivity contribution < 1.29 is 9.59 Å². The quantitative estimate of drug-likeness (QED) is 0.784. The maximum absolute atomic E-state index is 12.8. The Kier molecular flexibility index (Phi) is 3.60. The molecule has 2 atom stereocenters. The highest BCUT2D eigenvalue weighted by Crippen LogP contribution is 2.35. The minimum atomic E-state index is 0.135. The lowest BCUT2D eigenvalue weighted by Crippen LogP contribution is -2.37. The maximum atomic E-state index is 12.8. The van der Waals surface area contributed by atoms with Gasteiger partial charge in [0.25, 0.3) is 0 Å². The van der Waals surface area contributed by atoms with E-state index >= 15 is 0 Å². The third-order valence-corrected chi connectivity index (χ3v) is 4.73. The van der Waals surface area contributed by atoms with Gasteiger partial charge >= 0.3 is 0 Å². The minimum absolute atomic E-state index is 0.135. The van der Waals surface area contributed by atoms with Crippen LogP contribution in [0.2, 0.25) is 0 Å². The third-order valence-electron chi connectivity index (χ3n) is 4.73. The van der Waals surface area contributed by atoms with Crippen molar-refractivity contribution in [3.05, 3.63) is 29.8 Å². The molecule has 1 amide bonds. The Hall–Kier alpha value is -1.64. The van der Waals surface area contributed by atoms with Gasteiger partial charge in [-0.1, -0.05) is 25.5 Å². The van der Waals surface area contributed by atoms with E-state index in [4.69, 9.17) is 0 Å². The highest BCUT2D eigenvalue weighted by Gasteiger charge is 2.35. The van der Waals surface area contributed by atoms with Gasteiger partial charge in [0, 0.05) is 24.4 Å². The first-order chi connectivity index (χ1) is 9.68. The monoisotopic (exact) mass is 271 g/mol. The maximum Gasteiger partial charge on any atom is 0.230 e. The van der Waals surface area contributed by atoms with Crippen molar-refractivity contribution in [1.82, 2.24) is 0 Å². The standard InChI is InChI=1S/C17H21NO2/c1-12-6-4-8-13(12)17(20)18-11-5-10-16(19)14-7-2-3-9-15(14)18/h2-3,7,9,12-13H,4-6,8,10-11H2,1H3. The summed E-state index contributed by atoms with van der Waals surface area (Å²) in [4.78, 5) is 26.8. The first kappa shape index (κ1) is 13.3. The third kappa shape index (κ3) is 2.26. The molecule has 3 heteroatoms. The molecule has 1 aliphatic carbocycles. The number of carbonyl (C=O) groups excluding carboxylic acids is 2. The Morgan fingerprint density at radius 2 is 2.00 bits per heavy atom. The van der Waals surface area contributed by atoms with Crippen LogP contribution in [-0.2, 0) is 4.79 Å². The molecule has 0 spiro atoms. The van der Waals surface area contributed by atoms with E-state index in [-0.39, 0.29) is 17.6 Å². The van der Waals surface area contributed by atoms with Gasteiger partial charge < -0.3 is 4.90 Å². The van der Waals surface area contributed by atoms with Gasteiger partial charge in [-0.2, -0.15) is 0 Å². The zero-order valence-corrected chi connectivity index (χ0v) is 12.0. The molecule has 0 N–H and O–H groups in total. The van der Waals surface area contributed by atoms with Crippen LogP contribution in [0.15, 0.2) is 24.3 Å². The number of amides is 1. The molecule has 1 aliphatic heterocycles. The Morgan fingerprint density at radius 3 is 2.75 bits per heavy atom. The molecular formula is C17H21NO2. The lowest BCUT2D eigenvalue weighted by atomic mass is 9.96. The molecule has 0 radical (unpaired) electrons. The Labute approximate surface area is 120 Å². The van der Waals surface area contributed by atoms with E-state index in [1.54, 1.807) is 0 Å². The molecule has 1 aromatic carbocycles. The average molecular weight is 271 g/mol. The molecule has 2 unspecified atom stereocenters. The second-order valence-electron chi connectivity index (χ2n) is 6.05. The topological polar surface area (TPSA) is 37.4 Å². The van der Waals surface area contributed by atoms with Crippen LogP contribution in [0.5, 0.6) is 0 Å². The van der Waals surface area contributed by atoms with E-state index in [0.29, 0.717) is 24.4 Å². The van der Waals surface area contributed by atoms with Crippen LogP contribution in [-0.4, -0.2) is 18.2 Å². The Morgan fingerprint density at radius 1 is 1.20 bits per heavy atom. The van der Waals surface area contributed by atoms with E-state index in [9.17, 15) is 9.59 Å². The fourth-order valence-electron chi connectivity index (χ4n) is 3.54. The number of ketones is 1. The summed E-state index contributed by atoms with van der Waals surface area (Å²) in [5.41, 5.74) is 1.53. The number of nitrogens with zero attached hydrogens (tertiary/aromatic N) is 1. The largest absolute Gasteiger partial charge is 0.311 e. The predicted molar refractivity (Wildman–Crippen MR) is 78.9 cm³/mol. The number of fused-ring (bicyclic) bond motifs is 1.